The number of nitriles is 1. The zero-order valence-corrected chi connectivity index (χ0v) is 8.78. The van der Waals surface area contributed by atoms with Gasteiger partial charge in [-0.25, -0.2) is 9.97 Å². The van der Waals surface area contributed by atoms with Crippen LogP contribution in [0.2, 0.25) is 5.15 Å². The Kier molecular flexibility index (Phi) is 1.82. The number of nitrogens with one attached hydrogen (secondary N) is 1. The SMILES string of the molecule is N#Cc1cc2ccc3ncnc3c2[nH]c1Cl. The standard InChI is InChI=1S/C11H5ClN4/c12-11-7(4-13)3-6-1-2-8-10(9(6)16-11)15-5-14-8/h1-3,5,16H. The van der Waals surface area contributed by atoms with Crippen molar-refractivity contribution in [2.75, 3.05) is 0 Å². The van der Waals surface area contributed by atoms with Crippen molar-refractivity contribution in [1.82, 2.24) is 15.0 Å². The molecular formula is C11H5ClN4. The number of hydrogen-bond donors (Lipinski definition) is 1. The van der Waals surface area contributed by atoms with Gasteiger partial charge in [0.25, 0.3) is 0 Å². The number of pyridine rings is 1. The van der Waals surface area contributed by atoms with Crippen LogP contribution in [0.25, 0.3) is 21.9 Å². The van der Waals surface area contributed by atoms with E-state index >= 15 is 0 Å². The summed E-state index contributed by atoms with van der Waals surface area (Å²) >= 11 is 5.94. The molecule has 0 unspecified atom stereocenters. The smallest absolute Gasteiger partial charge is 0.124 e. The van der Waals surface area contributed by atoms with Gasteiger partial charge in [-0.15, -0.1) is 0 Å². The Balaban J connectivity index is 2.53. The van der Waals surface area contributed by atoms with Crippen molar-refractivity contribution in [2.45, 2.75) is 0 Å². The summed E-state index contributed by atoms with van der Waals surface area (Å²) in [5.41, 5.74) is 2.81. The highest BCUT2D eigenvalue weighted by molar-refractivity contribution is 6.31. The van der Waals surface area contributed by atoms with Crippen LogP contribution in [-0.2, 0) is 0 Å². The second kappa shape index (κ2) is 3.19. The van der Waals surface area contributed by atoms with Gasteiger partial charge in [0, 0.05) is 5.39 Å². The normalized spacial score (nSPS) is 10.8. The molecule has 0 saturated heterocycles. The fourth-order valence-corrected chi connectivity index (χ4v) is 1.90. The molecular weight excluding hydrogens is 224 g/mol. The molecule has 4 nitrogen and oxygen atoms in total. The molecule has 0 aliphatic rings. The predicted octanol–water partition coefficient (Wildman–Crippen LogP) is 2.64. The Morgan fingerprint density at radius 3 is 3.00 bits per heavy atom. The maximum Gasteiger partial charge on any atom is 0.124 e. The summed E-state index contributed by atoms with van der Waals surface area (Å²) < 4.78 is 0. The molecule has 16 heavy (non-hydrogen) atoms. The van der Waals surface area contributed by atoms with Gasteiger partial charge in [0.1, 0.15) is 23.1 Å². The molecule has 0 amide bonds. The largest absolute Gasteiger partial charge is 0.343 e. The highest BCUT2D eigenvalue weighted by Gasteiger charge is 2.07. The number of fused-ring (bicyclic) bond motifs is 3. The number of imidazole rings is 1. The zero-order chi connectivity index (χ0) is 11.1. The number of rotatable bonds is 0. The van der Waals surface area contributed by atoms with Crippen molar-refractivity contribution in [1.29, 1.82) is 5.26 Å². The van der Waals surface area contributed by atoms with E-state index in [-0.39, 0.29) is 0 Å². The second-order valence-electron chi connectivity index (χ2n) is 3.38. The fraction of sp³-hybridized carbons (Fsp3) is 0. The van der Waals surface area contributed by atoms with E-state index in [2.05, 4.69) is 15.0 Å². The molecule has 76 valence electrons. The summed E-state index contributed by atoms with van der Waals surface area (Å²) in [5.74, 6) is 0. The van der Waals surface area contributed by atoms with Gasteiger partial charge in [-0.1, -0.05) is 17.7 Å². The highest BCUT2D eigenvalue weighted by Crippen LogP contribution is 2.25. The van der Waals surface area contributed by atoms with Gasteiger partial charge in [0.05, 0.1) is 16.6 Å². The van der Waals surface area contributed by atoms with Crippen LogP contribution in [0.3, 0.4) is 0 Å². The van der Waals surface area contributed by atoms with E-state index in [9.17, 15) is 0 Å². The molecule has 0 aliphatic carbocycles. The van der Waals surface area contributed by atoms with E-state index in [0.29, 0.717) is 10.7 Å². The van der Waals surface area contributed by atoms with Crippen LogP contribution in [0.15, 0.2) is 24.5 Å². The van der Waals surface area contributed by atoms with Crippen molar-refractivity contribution < 1.29 is 0 Å². The number of hydrogen-bond acceptors (Lipinski definition) is 3. The van der Waals surface area contributed by atoms with Gasteiger partial charge in [-0.2, -0.15) is 5.26 Å². The topological polar surface area (TPSA) is 65.4 Å². The monoisotopic (exact) mass is 228 g/mol. The first-order valence-electron chi connectivity index (χ1n) is 4.61. The number of H-pyrrole nitrogens is 1. The third-order valence-corrected chi connectivity index (χ3v) is 2.76. The third-order valence-electron chi connectivity index (χ3n) is 2.46. The molecule has 3 rings (SSSR count). The van der Waals surface area contributed by atoms with E-state index in [4.69, 9.17) is 16.9 Å². The first-order chi connectivity index (χ1) is 7.79. The lowest BCUT2D eigenvalue weighted by molar-refractivity contribution is 1.34. The van der Waals surface area contributed by atoms with Crippen LogP contribution in [0.5, 0.6) is 0 Å². The molecule has 2 heterocycles. The molecule has 2 aromatic heterocycles. The van der Waals surface area contributed by atoms with Gasteiger partial charge in [0.2, 0.25) is 0 Å². The second-order valence-corrected chi connectivity index (χ2v) is 3.76. The van der Waals surface area contributed by atoms with Crippen LogP contribution < -0.4 is 0 Å². The molecule has 0 saturated carbocycles. The van der Waals surface area contributed by atoms with Crippen molar-refractivity contribution in [3.63, 3.8) is 0 Å². The Bertz CT molecular complexity index is 739. The van der Waals surface area contributed by atoms with Crippen LogP contribution in [0.4, 0.5) is 0 Å². The van der Waals surface area contributed by atoms with Crippen molar-refractivity contribution in [3.8, 4) is 6.07 Å². The Morgan fingerprint density at radius 2 is 2.19 bits per heavy atom. The number of nitrogens with zero attached hydrogens (tertiary/aromatic N) is 3. The minimum atomic E-state index is 0.325. The maximum atomic E-state index is 8.87. The number of aromatic amines is 1. The van der Waals surface area contributed by atoms with Gasteiger partial charge < -0.3 is 4.98 Å². The molecule has 0 bridgehead atoms. The van der Waals surface area contributed by atoms with Gasteiger partial charge in [-0.05, 0) is 12.1 Å². The van der Waals surface area contributed by atoms with E-state index in [1.807, 2.05) is 18.2 Å². The summed E-state index contributed by atoms with van der Waals surface area (Å²) in [6, 6.07) is 7.53. The summed E-state index contributed by atoms with van der Waals surface area (Å²) in [5, 5.41) is 10.1. The maximum absolute atomic E-state index is 8.87. The van der Waals surface area contributed by atoms with E-state index in [0.717, 1.165) is 21.9 Å². The third kappa shape index (κ3) is 1.16. The average molecular weight is 229 g/mol. The van der Waals surface area contributed by atoms with Crippen molar-refractivity contribution in [3.05, 3.63) is 35.2 Å². The highest BCUT2D eigenvalue weighted by atomic mass is 35.5. The molecule has 0 fully saturated rings. The van der Waals surface area contributed by atoms with Crippen LogP contribution in [0.1, 0.15) is 5.56 Å². The Morgan fingerprint density at radius 1 is 1.31 bits per heavy atom. The van der Waals surface area contributed by atoms with Gasteiger partial charge >= 0.3 is 0 Å². The lowest BCUT2D eigenvalue weighted by Crippen LogP contribution is -1.86. The lowest BCUT2D eigenvalue weighted by Gasteiger charge is -2.02. The molecule has 0 spiro atoms. The molecule has 3 aromatic rings. The van der Waals surface area contributed by atoms with E-state index in [1.54, 1.807) is 6.07 Å². The molecule has 0 radical (unpaired) electrons. The van der Waals surface area contributed by atoms with Gasteiger partial charge in [-0.3, -0.25) is 0 Å². The van der Waals surface area contributed by atoms with Crippen LogP contribution in [-0.4, -0.2) is 15.0 Å². The molecule has 0 aliphatic heterocycles. The van der Waals surface area contributed by atoms with Crippen molar-refractivity contribution >= 4 is 33.5 Å². The number of halogens is 1. The summed E-state index contributed by atoms with van der Waals surface area (Å²) in [6.07, 6.45) is 1.50. The molecule has 0 atom stereocenters. The summed E-state index contributed by atoms with van der Waals surface area (Å²) in [6.45, 7) is 0. The summed E-state index contributed by atoms with van der Waals surface area (Å²) in [7, 11) is 0. The Labute approximate surface area is 95.5 Å². The minimum Gasteiger partial charge on any atom is -0.343 e. The lowest BCUT2D eigenvalue weighted by atomic mass is 10.1. The first kappa shape index (κ1) is 9.13. The summed E-state index contributed by atoms with van der Waals surface area (Å²) in [4.78, 5) is 11.2. The quantitative estimate of drug-likeness (QED) is 0.602. The molecule has 5 heteroatoms. The number of benzene rings is 1. The molecule has 1 N–H and O–H groups in total. The fourth-order valence-electron chi connectivity index (χ4n) is 1.71. The zero-order valence-electron chi connectivity index (χ0n) is 8.03. The van der Waals surface area contributed by atoms with Crippen LogP contribution in [0, 0.1) is 11.3 Å². The van der Waals surface area contributed by atoms with Gasteiger partial charge in [0.15, 0.2) is 0 Å². The predicted molar refractivity (Wildman–Crippen MR) is 61.1 cm³/mol. The first-order valence-corrected chi connectivity index (χ1v) is 4.99. The Hall–Kier alpha value is -2.12. The van der Waals surface area contributed by atoms with E-state index in [1.165, 1.54) is 6.33 Å². The van der Waals surface area contributed by atoms with Crippen LogP contribution >= 0.6 is 11.6 Å². The molecule has 1 aromatic carbocycles. The number of aromatic nitrogens is 3. The minimum absolute atomic E-state index is 0.325. The average Bonchev–Trinajstić information content (AvgIpc) is 2.76. The van der Waals surface area contributed by atoms with Crippen molar-refractivity contribution in [2.24, 2.45) is 0 Å². The van der Waals surface area contributed by atoms with E-state index < -0.39 is 0 Å².